The normalized spacial score (nSPS) is 11.4. The fourth-order valence-electron chi connectivity index (χ4n) is 1.69. The van der Waals surface area contributed by atoms with Crippen molar-refractivity contribution < 1.29 is 13.2 Å². The van der Waals surface area contributed by atoms with Gasteiger partial charge >= 0.3 is 6.18 Å². The van der Waals surface area contributed by atoms with E-state index in [1.807, 2.05) is 0 Å². The molecule has 0 bridgehead atoms. The molecule has 1 heterocycles. The quantitative estimate of drug-likeness (QED) is 0.908. The monoisotopic (exact) mass is 282 g/mol. The lowest BCUT2D eigenvalue weighted by Crippen LogP contribution is -2.07. The number of rotatable bonds is 3. The highest BCUT2D eigenvalue weighted by Crippen LogP contribution is 2.29. The van der Waals surface area contributed by atoms with Crippen LogP contribution in [0.15, 0.2) is 30.3 Å². The average molecular weight is 282 g/mol. The number of alkyl halides is 3. The van der Waals surface area contributed by atoms with Gasteiger partial charge in [0.25, 0.3) is 0 Å². The van der Waals surface area contributed by atoms with Gasteiger partial charge in [-0.05, 0) is 24.6 Å². The molecule has 0 spiro atoms. The van der Waals surface area contributed by atoms with Crippen LogP contribution in [0.25, 0.3) is 0 Å². The first-order chi connectivity index (χ1) is 9.34. The molecule has 4 nitrogen and oxygen atoms in total. The third-order valence-electron chi connectivity index (χ3n) is 2.61. The molecule has 0 aliphatic heterocycles. The summed E-state index contributed by atoms with van der Waals surface area (Å²) in [6.07, 6.45) is -4.32. The van der Waals surface area contributed by atoms with Crippen LogP contribution in [0.4, 0.5) is 24.8 Å². The van der Waals surface area contributed by atoms with Gasteiger partial charge in [-0.2, -0.15) is 13.2 Å². The number of nitrogens with one attached hydrogen (secondary N) is 1. The Morgan fingerprint density at radius 1 is 1.15 bits per heavy atom. The standard InChI is InChI=1S/C13H13F3N4/c1-8-19-11(17)6-12(20-8)18-7-9-2-4-10(5-3-9)13(14,15)16/h2-6H,7H2,1H3,(H3,17,18,19,20). The zero-order chi connectivity index (χ0) is 14.8. The Morgan fingerprint density at radius 3 is 2.35 bits per heavy atom. The van der Waals surface area contributed by atoms with Crippen LogP contribution in [0.1, 0.15) is 17.0 Å². The van der Waals surface area contributed by atoms with Crippen LogP contribution in [0.5, 0.6) is 0 Å². The highest BCUT2D eigenvalue weighted by atomic mass is 19.4. The van der Waals surface area contributed by atoms with Crippen molar-refractivity contribution in [1.29, 1.82) is 0 Å². The molecule has 3 N–H and O–H groups in total. The van der Waals surface area contributed by atoms with Crippen LogP contribution in [0.3, 0.4) is 0 Å². The van der Waals surface area contributed by atoms with Gasteiger partial charge in [0.05, 0.1) is 5.56 Å². The van der Waals surface area contributed by atoms with Crippen molar-refractivity contribution in [3.63, 3.8) is 0 Å². The molecular formula is C13H13F3N4. The number of hydrogen-bond acceptors (Lipinski definition) is 4. The summed E-state index contributed by atoms with van der Waals surface area (Å²) in [5, 5.41) is 2.99. The smallest absolute Gasteiger partial charge is 0.384 e. The summed E-state index contributed by atoms with van der Waals surface area (Å²) in [6.45, 7) is 2.06. The van der Waals surface area contributed by atoms with E-state index in [-0.39, 0.29) is 0 Å². The van der Waals surface area contributed by atoms with Gasteiger partial charge in [0.15, 0.2) is 0 Å². The lowest BCUT2D eigenvalue weighted by molar-refractivity contribution is -0.137. The van der Waals surface area contributed by atoms with Gasteiger partial charge in [-0.15, -0.1) is 0 Å². The van der Waals surface area contributed by atoms with Gasteiger partial charge in [0.2, 0.25) is 0 Å². The Labute approximate surface area is 113 Å². The number of nitrogens with zero attached hydrogens (tertiary/aromatic N) is 2. The second-order valence-corrected chi connectivity index (χ2v) is 4.27. The SMILES string of the molecule is Cc1nc(N)cc(NCc2ccc(C(F)(F)F)cc2)n1. The van der Waals surface area contributed by atoms with Gasteiger partial charge in [0, 0.05) is 12.6 Å². The third-order valence-corrected chi connectivity index (χ3v) is 2.61. The number of nitrogen functional groups attached to an aromatic ring is 1. The van der Waals surface area contributed by atoms with E-state index in [0.717, 1.165) is 12.1 Å². The summed E-state index contributed by atoms with van der Waals surface area (Å²) in [5.74, 6) is 1.40. The summed E-state index contributed by atoms with van der Waals surface area (Å²) < 4.78 is 37.2. The minimum Gasteiger partial charge on any atom is -0.384 e. The van der Waals surface area contributed by atoms with Crippen LogP contribution in [-0.4, -0.2) is 9.97 Å². The Morgan fingerprint density at radius 2 is 1.80 bits per heavy atom. The van der Waals surface area contributed by atoms with Gasteiger partial charge in [0.1, 0.15) is 17.5 Å². The van der Waals surface area contributed by atoms with Crippen LogP contribution < -0.4 is 11.1 Å². The molecule has 2 aromatic rings. The molecular weight excluding hydrogens is 269 g/mol. The molecule has 0 fully saturated rings. The molecule has 0 amide bonds. The fourth-order valence-corrected chi connectivity index (χ4v) is 1.69. The minimum atomic E-state index is -4.32. The fraction of sp³-hybridized carbons (Fsp3) is 0.231. The van der Waals surface area contributed by atoms with Crippen molar-refractivity contribution in [2.75, 3.05) is 11.1 Å². The summed E-state index contributed by atoms with van der Waals surface area (Å²) in [5.41, 5.74) is 5.63. The van der Waals surface area contributed by atoms with E-state index in [2.05, 4.69) is 15.3 Å². The maximum absolute atomic E-state index is 12.4. The molecule has 2 rings (SSSR count). The van der Waals surface area contributed by atoms with E-state index in [1.54, 1.807) is 13.0 Å². The molecule has 106 valence electrons. The first-order valence-electron chi connectivity index (χ1n) is 5.86. The molecule has 1 aromatic carbocycles. The van der Waals surface area contributed by atoms with E-state index in [9.17, 15) is 13.2 Å². The number of benzene rings is 1. The molecule has 0 saturated heterocycles. The maximum Gasteiger partial charge on any atom is 0.416 e. The molecule has 0 radical (unpaired) electrons. The summed E-state index contributed by atoms with van der Waals surface area (Å²) >= 11 is 0. The summed E-state index contributed by atoms with van der Waals surface area (Å²) in [7, 11) is 0. The van der Waals surface area contributed by atoms with Crippen LogP contribution in [-0.2, 0) is 12.7 Å². The topological polar surface area (TPSA) is 63.8 Å². The van der Waals surface area contributed by atoms with Gasteiger partial charge in [-0.3, -0.25) is 0 Å². The number of hydrogen-bond donors (Lipinski definition) is 2. The van der Waals surface area contributed by atoms with E-state index >= 15 is 0 Å². The molecule has 0 saturated carbocycles. The van der Waals surface area contributed by atoms with E-state index < -0.39 is 11.7 Å². The molecule has 20 heavy (non-hydrogen) atoms. The first kappa shape index (κ1) is 14.1. The van der Waals surface area contributed by atoms with Crippen molar-refractivity contribution in [3.8, 4) is 0 Å². The maximum atomic E-state index is 12.4. The first-order valence-corrected chi connectivity index (χ1v) is 5.86. The average Bonchev–Trinajstić information content (AvgIpc) is 2.35. The van der Waals surface area contributed by atoms with Crippen molar-refractivity contribution in [3.05, 3.63) is 47.3 Å². The largest absolute Gasteiger partial charge is 0.416 e. The molecule has 7 heteroatoms. The van der Waals surface area contributed by atoms with Crippen LogP contribution >= 0.6 is 0 Å². The van der Waals surface area contributed by atoms with Crippen LogP contribution in [0, 0.1) is 6.92 Å². The molecule has 0 unspecified atom stereocenters. The number of aromatic nitrogens is 2. The highest BCUT2D eigenvalue weighted by molar-refractivity contribution is 5.45. The van der Waals surface area contributed by atoms with E-state index in [0.29, 0.717) is 29.6 Å². The number of anilines is 2. The number of nitrogens with two attached hydrogens (primary N) is 1. The number of aryl methyl sites for hydroxylation is 1. The molecule has 0 aliphatic carbocycles. The second-order valence-electron chi connectivity index (χ2n) is 4.27. The zero-order valence-electron chi connectivity index (χ0n) is 10.7. The van der Waals surface area contributed by atoms with Crippen molar-refractivity contribution in [1.82, 2.24) is 9.97 Å². The van der Waals surface area contributed by atoms with Crippen LogP contribution in [0.2, 0.25) is 0 Å². The van der Waals surface area contributed by atoms with E-state index in [1.165, 1.54) is 12.1 Å². The highest BCUT2D eigenvalue weighted by Gasteiger charge is 2.29. The second kappa shape index (κ2) is 5.36. The third kappa shape index (κ3) is 3.59. The number of halogens is 3. The molecule has 0 atom stereocenters. The van der Waals surface area contributed by atoms with E-state index in [4.69, 9.17) is 5.73 Å². The van der Waals surface area contributed by atoms with Gasteiger partial charge < -0.3 is 11.1 Å². The zero-order valence-corrected chi connectivity index (χ0v) is 10.7. The van der Waals surface area contributed by atoms with Gasteiger partial charge in [-0.25, -0.2) is 9.97 Å². The van der Waals surface area contributed by atoms with Crippen molar-refractivity contribution in [2.24, 2.45) is 0 Å². The Bertz CT molecular complexity index is 573. The Kier molecular flexibility index (Phi) is 3.78. The molecule has 1 aromatic heterocycles. The minimum absolute atomic E-state index is 0.340. The lowest BCUT2D eigenvalue weighted by atomic mass is 10.1. The Hall–Kier alpha value is -2.31. The lowest BCUT2D eigenvalue weighted by Gasteiger charge is -2.09. The predicted molar refractivity (Wildman–Crippen MR) is 70.0 cm³/mol. The van der Waals surface area contributed by atoms with Gasteiger partial charge in [-0.1, -0.05) is 12.1 Å². The predicted octanol–water partition coefficient (Wildman–Crippen LogP) is 3.00. The van der Waals surface area contributed by atoms with Crippen molar-refractivity contribution in [2.45, 2.75) is 19.6 Å². The summed E-state index contributed by atoms with van der Waals surface area (Å²) in [6, 6.07) is 6.52. The van der Waals surface area contributed by atoms with Crippen molar-refractivity contribution >= 4 is 11.6 Å². The Balaban J connectivity index is 2.04. The summed E-state index contributed by atoms with van der Waals surface area (Å²) in [4.78, 5) is 8.05. The molecule has 0 aliphatic rings.